The van der Waals surface area contributed by atoms with Crippen molar-refractivity contribution in [2.45, 2.75) is 54.4 Å². The van der Waals surface area contributed by atoms with Crippen LogP contribution in [-0.4, -0.2) is 38.6 Å². The largest absolute Gasteiger partial charge is 0.400 e. The first-order valence-electron chi connectivity index (χ1n) is 7.97. The van der Waals surface area contributed by atoms with Crippen LogP contribution in [0.25, 0.3) is 0 Å². The van der Waals surface area contributed by atoms with Crippen LogP contribution in [0.2, 0.25) is 0 Å². The number of nitrogens with two attached hydrogens (primary N) is 1. The van der Waals surface area contributed by atoms with Gasteiger partial charge in [-0.15, -0.1) is 0 Å². The second-order valence-electron chi connectivity index (χ2n) is 3.71. The van der Waals surface area contributed by atoms with Gasteiger partial charge in [0.15, 0.2) is 0 Å². The number of ether oxygens (including phenoxy) is 1. The minimum absolute atomic E-state index is 0.592. The Morgan fingerprint density at radius 1 is 1.19 bits per heavy atom. The van der Waals surface area contributed by atoms with Crippen molar-refractivity contribution in [3.8, 4) is 0 Å². The van der Waals surface area contributed by atoms with Gasteiger partial charge in [-0.2, -0.15) is 0 Å². The van der Waals surface area contributed by atoms with E-state index in [0.29, 0.717) is 13.3 Å². The van der Waals surface area contributed by atoms with Crippen LogP contribution in [0.5, 0.6) is 0 Å². The molecule has 4 heteroatoms. The molecule has 130 valence electrons. The lowest BCUT2D eigenvalue weighted by molar-refractivity contribution is 0.138. The number of allylic oxidation sites excluding steroid dienone is 2. The molecule has 0 saturated heterocycles. The molecular formula is C17H40N2O2. The Morgan fingerprint density at radius 2 is 1.71 bits per heavy atom. The van der Waals surface area contributed by atoms with Crippen molar-refractivity contribution in [3.05, 3.63) is 23.8 Å². The van der Waals surface area contributed by atoms with Gasteiger partial charge < -0.3 is 15.6 Å². The number of rotatable bonds is 8. The smallest absolute Gasteiger partial charge is 0.0969 e. The summed E-state index contributed by atoms with van der Waals surface area (Å²) in [5.74, 6) is 0. The molecule has 0 heterocycles. The van der Waals surface area contributed by atoms with Crippen molar-refractivity contribution in [1.29, 1.82) is 0 Å². The third-order valence-corrected chi connectivity index (χ3v) is 1.78. The van der Waals surface area contributed by atoms with Gasteiger partial charge in [-0.3, -0.25) is 5.32 Å². The molecule has 0 aliphatic heterocycles. The molecule has 0 aliphatic rings. The van der Waals surface area contributed by atoms with Crippen LogP contribution in [0.1, 0.15) is 54.4 Å². The third-order valence-electron chi connectivity index (χ3n) is 1.78. The first kappa shape index (κ1) is 28.5. The van der Waals surface area contributed by atoms with Crippen molar-refractivity contribution < 1.29 is 9.84 Å². The lowest BCUT2D eigenvalue weighted by Crippen LogP contribution is -2.21. The van der Waals surface area contributed by atoms with Crippen LogP contribution in [0, 0.1) is 0 Å². The van der Waals surface area contributed by atoms with E-state index in [1.54, 1.807) is 0 Å². The zero-order valence-corrected chi connectivity index (χ0v) is 15.4. The molecule has 0 unspecified atom stereocenters. The van der Waals surface area contributed by atoms with E-state index in [1.807, 2.05) is 33.8 Å². The summed E-state index contributed by atoms with van der Waals surface area (Å²) in [7, 11) is 1.00. The molecule has 0 rings (SSSR count). The van der Waals surface area contributed by atoms with Gasteiger partial charge in [0.05, 0.1) is 13.3 Å². The highest BCUT2D eigenvalue weighted by molar-refractivity contribution is 5.17. The van der Waals surface area contributed by atoms with Crippen molar-refractivity contribution in [2.75, 3.05) is 33.5 Å². The molecule has 0 saturated carbocycles. The quantitative estimate of drug-likeness (QED) is 0.365. The van der Waals surface area contributed by atoms with E-state index in [9.17, 15) is 0 Å². The average molecular weight is 305 g/mol. The standard InChI is InChI=1S/C11H22N2O.C3H8.C2H6.CH4O/c1-3-6-11(4-2)9-14-10-13-8-5-7-12;1-3-2;2*1-2/h3-4,6,13H,5,7-10,12H2,1-2H3;3H2,1-2H3;1-2H3;2H,1H3/b6-3-,11-4+;;;. The summed E-state index contributed by atoms with van der Waals surface area (Å²) in [6.07, 6.45) is 8.37. The Kier molecular flexibility index (Phi) is 49.6. The summed E-state index contributed by atoms with van der Waals surface area (Å²) >= 11 is 0. The van der Waals surface area contributed by atoms with E-state index < -0.39 is 0 Å². The van der Waals surface area contributed by atoms with Crippen LogP contribution in [0.15, 0.2) is 23.8 Å². The van der Waals surface area contributed by atoms with Gasteiger partial charge in [0.1, 0.15) is 0 Å². The summed E-state index contributed by atoms with van der Waals surface area (Å²) in [5.41, 5.74) is 6.56. The first-order chi connectivity index (χ1) is 10.3. The lowest BCUT2D eigenvalue weighted by Gasteiger charge is -2.06. The molecule has 0 aromatic rings. The van der Waals surface area contributed by atoms with Crippen molar-refractivity contribution in [2.24, 2.45) is 5.73 Å². The van der Waals surface area contributed by atoms with Gasteiger partial charge in [-0.25, -0.2) is 0 Å². The molecule has 0 aromatic heterocycles. The van der Waals surface area contributed by atoms with Gasteiger partial charge in [-0.1, -0.05) is 52.3 Å². The molecule has 0 fully saturated rings. The maximum Gasteiger partial charge on any atom is 0.0969 e. The van der Waals surface area contributed by atoms with Crippen LogP contribution in [-0.2, 0) is 4.74 Å². The topological polar surface area (TPSA) is 67.5 Å². The number of hydrogen-bond acceptors (Lipinski definition) is 4. The van der Waals surface area contributed by atoms with Gasteiger partial charge in [0.25, 0.3) is 0 Å². The predicted octanol–water partition coefficient (Wildman–Crippen LogP) is 3.47. The first-order valence-corrected chi connectivity index (χ1v) is 7.97. The Bertz CT molecular complexity index is 193. The Balaban J connectivity index is -0.000000176. The second kappa shape index (κ2) is 36.5. The monoisotopic (exact) mass is 304 g/mol. The van der Waals surface area contributed by atoms with Gasteiger partial charge in [0, 0.05) is 7.11 Å². The highest BCUT2D eigenvalue weighted by Crippen LogP contribution is 1.96. The number of nitrogens with one attached hydrogen (secondary N) is 1. The summed E-state index contributed by atoms with van der Waals surface area (Å²) < 4.78 is 5.41. The fourth-order valence-electron chi connectivity index (χ4n) is 0.982. The summed E-state index contributed by atoms with van der Waals surface area (Å²) in [4.78, 5) is 0. The Morgan fingerprint density at radius 3 is 2.10 bits per heavy atom. The molecular weight excluding hydrogens is 264 g/mol. The van der Waals surface area contributed by atoms with E-state index >= 15 is 0 Å². The highest BCUT2D eigenvalue weighted by atomic mass is 16.5. The molecule has 0 aliphatic carbocycles. The third kappa shape index (κ3) is 38.2. The van der Waals surface area contributed by atoms with E-state index in [4.69, 9.17) is 15.6 Å². The van der Waals surface area contributed by atoms with Crippen LogP contribution in [0.4, 0.5) is 0 Å². The molecule has 0 bridgehead atoms. The average Bonchev–Trinajstić information content (AvgIpc) is 2.54. The fourth-order valence-corrected chi connectivity index (χ4v) is 0.982. The van der Waals surface area contributed by atoms with Crippen molar-refractivity contribution in [3.63, 3.8) is 0 Å². The number of hydrogen-bond donors (Lipinski definition) is 3. The van der Waals surface area contributed by atoms with E-state index in [1.165, 1.54) is 12.0 Å². The minimum Gasteiger partial charge on any atom is -0.400 e. The van der Waals surface area contributed by atoms with Crippen molar-refractivity contribution in [1.82, 2.24) is 5.32 Å². The molecule has 0 atom stereocenters. The molecule has 0 amide bonds. The SMILES string of the molecule is C/C=C\C(=C/C)COCNCCCN.CC.CCC.CO. The van der Waals surface area contributed by atoms with E-state index in [-0.39, 0.29) is 0 Å². The number of aliphatic hydroxyl groups is 1. The number of aliphatic hydroxyl groups excluding tert-OH is 1. The maximum atomic E-state index is 7.00. The molecule has 0 radical (unpaired) electrons. The molecule has 0 spiro atoms. The Labute approximate surface area is 133 Å². The molecule has 4 nitrogen and oxygen atoms in total. The van der Waals surface area contributed by atoms with E-state index in [0.717, 1.165) is 26.6 Å². The van der Waals surface area contributed by atoms with Gasteiger partial charge in [0.2, 0.25) is 0 Å². The normalized spacial score (nSPS) is 9.86. The zero-order valence-electron chi connectivity index (χ0n) is 15.4. The fraction of sp³-hybridized carbons (Fsp3) is 0.765. The molecule has 0 aromatic carbocycles. The van der Waals surface area contributed by atoms with Crippen molar-refractivity contribution >= 4 is 0 Å². The Hall–Kier alpha value is -0.680. The van der Waals surface area contributed by atoms with Gasteiger partial charge >= 0.3 is 0 Å². The van der Waals surface area contributed by atoms with Gasteiger partial charge in [-0.05, 0) is 38.9 Å². The molecule has 4 N–H and O–H groups in total. The predicted molar refractivity (Wildman–Crippen MR) is 96.5 cm³/mol. The summed E-state index contributed by atoms with van der Waals surface area (Å²) in [5, 5.41) is 10.2. The van der Waals surface area contributed by atoms with E-state index in [2.05, 4.69) is 31.3 Å². The maximum absolute atomic E-state index is 7.00. The summed E-state index contributed by atoms with van der Waals surface area (Å²) in [6, 6.07) is 0. The van der Waals surface area contributed by atoms with Crippen LogP contribution >= 0.6 is 0 Å². The van der Waals surface area contributed by atoms with Crippen LogP contribution < -0.4 is 11.1 Å². The molecule has 21 heavy (non-hydrogen) atoms. The lowest BCUT2D eigenvalue weighted by atomic mass is 10.2. The zero-order chi connectivity index (χ0) is 17.4. The summed E-state index contributed by atoms with van der Waals surface area (Å²) in [6.45, 7) is 15.2. The minimum atomic E-state index is 0.592. The van der Waals surface area contributed by atoms with Crippen LogP contribution in [0.3, 0.4) is 0 Å². The second-order valence-corrected chi connectivity index (χ2v) is 3.71. The highest BCUT2D eigenvalue weighted by Gasteiger charge is 1.90.